The van der Waals surface area contributed by atoms with Crippen molar-refractivity contribution in [1.29, 1.82) is 0 Å². The van der Waals surface area contributed by atoms with Crippen molar-refractivity contribution in [2.45, 2.75) is 86.5 Å². The van der Waals surface area contributed by atoms with E-state index in [0.717, 1.165) is 67.2 Å². The van der Waals surface area contributed by atoms with Gasteiger partial charge in [0.1, 0.15) is 0 Å². The van der Waals surface area contributed by atoms with Gasteiger partial charge in [-0.1, -0.05) is 91.2 Å². The van der Waals surface area contributed by atoms with E-state index >= 15 is 0 Å². The molecule has 3 aromatic rings. The molecule has 1 radical (unpaired) electrons. The summed E-state index contributed by atoms with van der Waals surface area (Å²) in [6, 6.07) is 14.2. The Bertz CT molecular complexity index is 1370. The maximum atomic E-state index is 12.2. The number of allylic oxidation sites excluding steroid dienone is 2. The Morgan fingerprint density at radius 1 is 0.902 bits per heavy atom. The SMILES string of the molecule is C.CC1CCC(C(=O)C=C(O)C2CCC(C)CC2)CC1.Cc1[c-]c(-c2ncc3c4c(cccc24)C=C3)cc(C)c1.[Ir]. The predicted molar refractivity (Wildman–Crippen MR) is 169 cm³/mol. The number of nitrogens with zero attached hydrogens (tertiary/aromatic N) is 1. The van der Waals surface area contributed by atoms with Crippen LogP contribution in [0.25, 0.3) is 34.2 Å². The third-order valence-electron chi connectivity index (χ3n) is 8.96. The van der Waals surface area contributed by atoms with Crippen molar-refractivity contribution >= 4 is 28.7 Å². The molecule has 2 saturated carbocycles. The molecule has 1 heterocycles. The zero-order chi connectivity index (χ0) is 27.5. The molecular weight excluding hydrogens is 683 g/mol. The first-order chi connectivity index (χ1) is 18.8. The van der Waals surface area contributed by atoms with Crippen molar-refractivity contribution in [2.24, 2.45) is 23.7 Å². The number of pyridine rings is 1. The smallest absolute Gasteiger partial charge is 0.162 e. The normalized spacial score (nSPS) is 23.2. The van der Waals surface area contributed by atoms with Crippen LogP contribution in [0.15, 0.2) is 48.4 Å². The standard InChI is InChI=1S/C19H14N.C17H28O2.CH4.Ir/c1-12-8-13(2)10-16(9-12)19-17-5-3-4-14-6-7-15(11-20-19)18(14)17;1-12-3-7-14(8-4-12)16(18)11-17(19)15-9-5-13(2)6-10-15;;/h3-9,11H,1-2H3;11-15,18H,3-10H2,1-2H3;1H4;/q-1;;;. The summed E-state index contributed by atoms with van der Waals surface area (Å²) >= 11 is 0. The number of hydrogen-bond acceptors (Lipinski definition) is 3. The topological polar surface area (TPSA) is 50.2 Å². The van der Waals surface area contributed by atoms with Crippen molar-refractivity contribution < 1.29 is 30.0 Å². The van der Waals surface area contributed by atoms with Crippen molar-refractivity contribution in [3.8, 4) is 11.3 Å². The zero-order valence-corrected chi connectivity index (χ0v) is 26.7. The summed E-state index contributed by atoms with van der Waals surface area (Å²) in [5.41, 5.74) is 7.01. The molecule has 41 heavy (non-hydrogen) atoms. The second-order valence-electron chi connectivity index (χ2n) is 12.3. The van der Waals surface area contributed by atoms with Crippen molar-refractivity contribution in [3.05, 3.63) is 76.7 Å². The number of carbonyl (C=O) groups excluding carboxylic acids is 1. The first kappa shape index (κ1) is 33.0. The third-order valence-corrected chi connectivity index (χ3v) is 8.96. The quantitative estimate of drug-likeness (QED) is 0.129. The number of aliphatic hydroxyl groups is 1. The van der Waals surface area contributed by atoms with E-state index in [1.54, 1.807) is 6.08 Å². The van der Waals surface area contributed by atoms with Crippen LogP contribution < -0.4 is 0 Å². The van der Waals surface area contributed by atoms with E-state index in [1.807, 2.05) is 6.20 Å². The molecule has 1 aromatic heterocycles. The molecule has 0 saturated heterocycles. The zero-order valence-electron chi connectivity index (χ0n) is 24.3. The minimum atomic E-state index is 0. The van der Waals surface area contributed by atoms with Gasteiger partial charge in [0.05, 0.1) is 5.76 Å². The summed E-state index contributed by atoms with van der Waals surface area (Å²) in [4.78, 5) is 16.9. The van der Waals surface area contributed by atoms with E-state index in [9.17, 15) is 9.90 Å². The van der Waals surface area contributed by atoms with Crippen LogP contribution in [-0.4, -0.2) is 15.9 Å². The van der Waals surface area contributed by atoms with Crippen LogP contribution in [0.1, 0.15) is 94.9 Å². The van der Waals surface area contributed by atoms with Crippen LogP contribution in [0.5, 0.6) is 0 Å². The third kappa shape index (κ3) is 7.85. The Kier molecular flexibility index (Phi) is 11.7. The average Bonchev–Trinajstić information content (AvgIpc) is 3.34. The van der Waals surface area contributed by atoms with Crippen LogP contribution in [0.4, 0.5) is 0 Å². The van der Waals surface area contributed by atoms with Crippen molar-refractivity contribution in [2.75, 3.05) is 0 Å². The van der Waals surface area contributed by atoms with E-state index in [1.165, 1.54) is 40.3 Å². The first-order valence-electron chi connectivity index (χ1n) is 14.8. The summed E-state index contributed by atoms with van der Waals surface area (Å²) in [7, 11) is 0. The molecule has 221 valence electrons. The Hall–Kier alpha value is -2.55. The van der Waals surface area contributed by atoms with Gasteiger partial charge >= 0.3 is 0 Å². The molecule has 3 nitrogen and oxygen atoms in total. The summed E-state index contributed by atoms with van der Waals surface area (Å²) in [6.07, 6.45) is 16.6. The molecule has 0 unspecified atom stereocenters. The second-order valence-corrected chi connectivity index (χ2v) is 12.3. The molecule has 2 fully saturated rings. The molecule has 2 aromatic carbocycles. The van der Waals surface area contributed by atoms with E-state index < -0.39 is 0 Å². The minimum Gasteiger partial charge on any atom is -0.512 e. The van der Waals surface area contributed by atoms with Crippen molar-refractivity contribution in [1.82, 2.24) is 4.98 Å². The number of aryl methyl sites for hydroxylation is 2. The van der Waals surface area contributed by atoms with Crippen LogP contribution in [-0.2, 0) is 24.9 Å². The average molecular weight is 729 g/mol. The van der Waals surface area contributed by atoms with Gasteiger partial charge in [-0.15, -0.1) is 34.9 Å². The molecule has 0 spiro atoms. The van der Waals surface area contributed by atoms with E-state index in [4.69, 9.17) is 0 Å². The van der Waals surface area contributed by atoms with Gasteiger partial charge in [0.2, 0.25) is 0 Å². The fourth-order valence-electron chi connectivity index (χ4n) is 6.52. The molecule has 3 aliphatic carbocycles. The Labute approximate surface area is 260 Å². The number of hydrogen-bond donors (Lipinski definition) is 1. The van der Waals surface area contributed by atoms with Gasteiger partial charge in [0.15, 0.2) is 5.78 Å². The number of aromatic nitrogens is 1. The van der Waals surface area contributed by atoms with E-state index in [0.29, 0.717) is 5.76 Å². The molecule has 1 N–H and O–H groups in total. The second kappa shape index (κ2) is 14.6. The Morgan fingerprint density at radius 3 is 2.15 bits per heavy atom. The molecule has 0 aliphatic heterocycles. The number of ketones is 1. The van der Waals surface area contributed by atoms with Crippen LogP contribution in [0, 0.1) is 43.6 Å². The van der Waals surface area contributed by atoms with Gasteiger partial charge in [0, 0.05) is 44.2 Å². The summed E-state index contributed by atoms with van der Waals surface area (Å²) < 4.78 is 0. The number of rotatable bonds is 4. The maximum absolute atomic E-state index is 12.2. The molecular formula is C37H46IrNO2-. The largest absolute Gasteiger partial charge is 0.512 e. The fraction of sp³-hybridized carbons (Fsp3) is 0.459. The summed E-state index contributed by atoms with van der Waals surface area (Å²) in [5, 5.41) is 12.7. The summed E-state index contributed by atoms with van der Waals surface area (Å²) in [6.45, 7) is 8.73. The van der Waals surface area contributed by atoms with Gasteiger partial charge in [-0.05, 0) is 65.1 Å². The number of benzene rings is 2. The maximum Gasteiger partial charge on any atom is 0.162 e. The van der Waals surface area contributed by atoms with Gasteiger partial charge in [0.25, 0.3) is 0 Å². The molecule has 6 rings (SSSR count). The fourth-order valence-corrected chi connectivity index (χ4v) is 6.52. The number of carbonyl (C=O) groups is 1. The molecule has 0 atom stereocenters. The van der Waals surface area contributed by atoms with Crippen LogP contribution >= 0.6 is 0 Å². The Balaban J connectivity index is 0.000000215. The molecule has 3 aliphatic rings. The van der Waals surface area contributed by atoms with Gasteiger partial charge < -0.3 is 10.1 Å². The summed E-state index contributed by atoms with van der Waals surface area (Å²) in [5.74, 6) is 2.48. The molecule has 4 heteroatoms. The van der Waals surface area contributed by atoms with E-state index in [2.05, 4.69) is 81.2 Å². The van der Waals surface area contributed by atoms with Gasteiger partial charge in [-0.3, -0.25) is 4.79 Å². The predicted octanol–water partition coefficient (Wildman–Crippen LogP) is 10.1. The Morgan fingerprint density at radius 2 is 1.51 bits per heavy atom. The van der Waals surface area contributed by atoms with Gasteiger partial charge in [-0.25, -0.2) is 0 Å². The van der Waals surface area contributed by atoms with Crippen LogP contribution in [0.2, 0.25) is 0 Å². The molecule has 0 amide bonds. The monoisotopic (exact) mass is 729 g/mol. The van der Waals surface area contributed by atoms with Crippen LogP contribution in [0.3, 0.4) is 0 Å². The van der Waals surface area contributed by atoms with Crippen molar-refractivity contribution in [3.63, 3.8) is 0 Å². The number of aliphatic hydroxyl groups excluding tert-OH is 1. The minimum absolute atomic E-state index is 0. The van der Waals surface area contributed by atoms with E-state index in [-0.39, 0.29) is 45.2 Å². The first-order valence-corrected chi connectivity index (χ1v) is 14.8. The van der Waals surface area contributed by atoms with Gasteiger partial charge in [-0.2, -0.15) is 0 Å². The molecule has 0 bridgehead atoms.